The first kappa shape index (κ1) is 18.2. The minimum absolute atomic E-state index is 0.692. The van der Waals surface area contributed by atoms with Crippen molar-refractivity contribution in [2.24, 2.45) is 0 Å². The first-order chi connectivity index (χ1) is 11.8. The molecule has 2 aromatic carbocycles. The summed E-state index contributed by atoms with van der Waals surface area (Å²) in [6, 6.07) is 14.2. The molecule has 0 aliphatic rings. The van der Waals surface area contributed by atoms with Gasteiger partial charge in [0.2, 0.25) is 0 Å². The van der Waals surface area contributed by atoms with Gasteiger partial charge in [0.05, 0.1) is 20.3 Å². The van der Waals surface area contributed by atoms with Crippen LogP contribution in [0.5, 0.6) is 17.2 Å². The molecule has 2 aromatic rings. The summed E-state index contributed by atoms with van der Waals surface area (Å²) >= 11 is 0. The third-order valence-electron chi connectivity index (χ3n) is 3.86. The van der Waals surface area contributed by atoms with Crippen LogP contribution in [0.15, 0.2) is 42.5 Å². The Morgan fingerprint density at radius 2 is 1.38 bits per heavy atom. The zero-order chi connectivity index (χ0) is 17.2. The summed E-state index contributed by atoms with van der Waals surface area (Å²) in [7, 11) is 1.67. The second-order valence-corrected chi connectivity index (χ2v) is 5.77. The molecule has 0 unspecified atom stereocenters. The molecule has 0 spiro atoms. The summed E-state index contributed by atoms with van der Waals surface area (Å²) in [5.74, 6) is 2.33. The summed E-state index contributed by atoms with van der Waals surface area (Å²) in [6.45, 7) is 5.71. The van der Waals surface area contributed by atoms with Crippen molar-refractivity contribution in [3.8, 4) is 28.4 Å². The average Bonchev–Trinajstić information content (AvgIpc) is 2.63. The van der Waals surface area contributed by atoms with Gasteiger partial charge in [0.15, 0.2) is 11.5 Å². The Labute approximate surface area is 145 Å². The van der Waals surface area contributed by atoms with Crippen molar-refractivity contribution >= 4 is 0 Å². The van der Waals surface area contributed by atoms with Crippen molar-refractivity contribution < 1.29 is 14.2 Å². The number of unbranched alkanes of at least 4 members (excludes halogenated alkanes) is 2. The van der Waals surface area contributed by atoms with E-state index in [1.165, 1.54) is 0 Å². The molecule has 0 saturated carbocycles. The highest BCUT2D eigenvalue weighted by atomic mass is 16.5. The molecule has 0 bridgehead atoms. The van der Waals surface area contributed by atoms with Crippen LogP contribution in [0, 0.1) is 0 Å². The van der Waals surface area contributed by atoms with Crippen LogP contribution < -0.4 is 14.2 Å². The van der Waals surface area contributed by atoms with E-state index in [-0.39, 0.29) is 0 Å². The highest BCUT2D eigenvalue weighted by molar-refractivity contribution is 5.74. The lowest BCUT2D eigenvalue weighted by molar-refractivity contribution is 0.282. The average molecular weight is 328 g/mol. The zero-order valence-corrected chi connectivity index (χ0v) is 15.0. The maximum atomic E-state index is 6.02. The summed E-state index contributed by atoms with van der Waals surface area (Å²) in [5, 5.41) is 0. The molecular formula is C21H28O3. The molecule has 2 rings (SSSR count). The minimum atomic E-state index is 0.692. The SMILES string of the molecule is CCCCOc1cc(-c2ccccc2)c(OCCCC)cc1OC. The first-order valence-corrected chi connectivity index (χ1v) is 8.83. The molecule has 3 heteroatoms. The van der Waals surface area contributed by atoms with E-state index in [1.807, 2.05) is 30.3 Å². The highest BCUT2D eigenvalue weighted by Crippen LogP contribution is 2.40. The van der Waals surface area contributed by atoms with Gasteiger partial charge >= 0.3 is 0 Å². The van der Waals surface area contributed by atoms with Crippen molar-refractivity contribution in [2.45, 2.75) is 39.5 Å². The van der Waals surface area contributed by atoms with Crippen LogP contribution in [0.1, 0.15) is 39.5 Å². The van der Waals surface area contributed by atoms with Gasteiger partial charge in [-0.15, -0.1) is 0 Å². The van der Waals surface area contributed by atoms with Gasteiger partial charge in [0.1, 0.15) is 5.75 Å². The number of benzene rings is 2. The quantitative estimate of drug-likeness (QED) is 0.522. The standard InChI is InChI=1S/C21H28O3/c1-4-6-13-23-19-16-20(22-3)21(24-14-7-5-2)15-18(19)17-11-9-8-10-12-17/h8-12,15-16H,4-7,13-14H2,1-3H3. The van der Waals surface area contributed by atoms with E-state index in [1.54, 1.807) is 7.11 Å². The Morgan fingerprint density at radius 1 is 0.750 bits per heavy atom. The Kier molecular flexibility index (Phi) is 7.47. The van der Waals surface area contributed by atoms with Gasteiger partial charge in [0, 0.05) is 11.6 Å². The molecule has 0 aromatic heterocycles. The topological polar surface area (TPSA) is 27.7 Å². The largest absolute Gasteiger partial charge is 0.493 e. The second kappa shape index (κ2) is 9.86. The third-order valence-corrected chi connectivity index (χ3v) is 3.86. The Bertz CT molecular complexity index is 608. The van der Waals surface area contributed by atoms with E-state index in [4.69, 9.17) is 14.2 Å². The van der Waals surface area contributed by atoms with Crippen LogP contribution in [0.4, 0.5) is 0 Å². The van der Waals surface area contributed by atoms with Crippen LogP contribution in [-0.2, 0) is 0 Å². The fraction of sp³-hybridized carbons (Fsp3) is 0.429. The number of methoxy groups -OCH3 is 1. The molecule has 24 heavy (non-hydrogen) atoms. The molecule has 0 heterocycles. The monoisotopic (exact) mass is 328 g/mol. The number of hydrogen-bond donors (Lipinski definition) is 0. The van der Waals surface area contributed by atoms with Crippen molar-refractivity contribution in [2.75, 3.05) is 20.3 Å². The van der Waals surface area contributed by atoms with Gasteiger partial charge in [-0.1, -0.05) is 57.0 Å². The molecule has 0 saturated heterocycles. The summed E-state index contributed by atoms with van der Waals surface area (Å²) < 4.78 is 17.5. The molecule has 130 valence electrons. The zero-order valence-electron chi connectivity index (χ0n) is 15.0. The Balaban J connectivity index is 2.36. The molecule has 0 amide bonds. The molecule has 0 aliphatic heterocycles. The summed E-state index contributed by atoms with van der Waals surface area (Å²) in [5.41, 5.74) is 2.16. The smallest absolute Gasteiger partial charge is 0.164 e. The minimum Gasteiger partial charge on any atom is -0.493 e. The van der Waals surface area contributed by atoms with Crippen LogP contribution in [0.25, 0.3) is 11.1 Å². The van der Waals surface area contributed by atoms with Gasteiger partial charge in [-0.3, -0.25) is 0 Å². The first-order valence-electron chi connectivity index (χ1n) is 8.83. The van der Waals surface area contributed by atoms with E-state index in [0.717, 1.165) is 54.1 Å². The lowest BCUT2D eigenvalue weighted by atomic mass is 10.0. The van der Waals surface area contributed by atoms with E-state index >= 15 is 0 Å². The molecule has 0 radical (unpaired) electrons. The molecule has 0 aliphatic carbocycles. The molecule has 0 atom stereocenters. The van der Waals surface area contributed by atoms with Gasteiger partial charge in [-0.25, -0.2) is 0 Å². The summed E-state index contributed by atoms with van der Waals surface area (Å²) in [4.78, 5) is 0. The number of hydrogen-bond acceptors (Lipinski definition) is 3. The van der Waals surface area contributed by atoms with Gasteiger partial charge in [-0.2, -0.15) is 0 Å². The fourth-order valence-electron chi connectivity index (χ4n) is 2.43. The van der Waals surface area contributed by atoms with Crippen molar-refractivity contribution in [3.05, 3.63) is 42.5 Å². The predicted octanol–water partition coefficient (Wildman–Crippen LogP) is 5.72. The Hall–Kier alpha value is -2.16. The van der Waals surface area contributed by atoms with Gasteiger partial charge in [0.25, 0.3) is 0 Å². The maximum Gasteiger partial charge on any atom is 0.164 e. The maximum absolute atomic E-state index is 6.02. The van der Waals surface area contributed by atoms with Crippen molar-refractivity contribution in [3.63, 3.8) is 0 Å². The molecule has 3 nitrogen and oxygen atoms in total. The lowest BCUT2D eigenvalue weighted by Crippen LogP contribution is -2.02. The molecule has 0 N–H and O–H groups in total. The van der Waals surface area contributed by atoms with Gasteiger partial charge < -0.3 is 14.2 Å². The van der Waals surface area contributed by atoms with Crippen molar-refractivity contribution in [1.82, 2.24) is 0 Å². The predicted molar refractivity (Wildman–Crippen MR) is 99.2 cm³/mol. The second-order valence-electron chi connectivity index (χ2n) is 5.77. The van der Waals surface area contributed by atoms with Crippen LogP contribution >= 0.6 is 0 Å². The van der Waals surface area contributed by atoms with Crippen LogP contribution in [0.3, 0.4) is 0 Å². The number of rotatable bonds is 10. The molecular weight excluding hydrogens is 300 g/mol. The normalized spacial score (nSPS) is 10.5. The third kappa shape index (κ3) is 4.92. The lowest BCUT2D eigenvalue weighted by Gasteiger charge is -2.17. The van der Waals surface area contributed by atoms with Crippen LogP contribution in [-0.4, -0.2) is 20.3 Å². The summed E-state index contributed by atoms with van der Waals surface area (Å²) in [6.07, 6.45) is 4.27. The van der Waals surface area contributed by atoms with Gasteiger partial charge in [-0.05, 0) is 24.5 Å². The Morgan fingerprint density at radius 3 is 1.96 bits per heavy atom. The number of ether oxygens (including phenoxy) is 3. The van der Waals surface area contributed by atoms with E-state index in [2.05, 4.69) is 26.0 Å². The van der Waals surface area contributed by atoms with Crippen LogP contribution in [0.2, 0.25) is 0 Å². The fourth-order valence-corrected chi connectivity index (χ4v) is 2.43. The highest BCUT2D eigenvalue weighted by Gasteiger charge is 2.14. The van der Waals surface area contributed by atoms with E-state index in [9.17, 15) is 0 Å². The van der Waals surface area contributed by atoms with E-state index in [0.29, 0.717) is 13.2 Å². The molecule has 0 fully saturated rings. The van der Waals surface area contributed by atoms with E-state index < -0.39 is 0 Å². The van der Waals surface area contributed by atoms with Crippen molar-refractivity contribution in [1.29, 1.82) is 0 Å².